The Balaban J connectivity index is 1.25. The molecule has 200 valence electrons. The predicted molar refractivity (Wildman–Crippen MR) is 146 cm³/mol. The molecular weight excluding hydrogens is 505 g/mol. The highest BCUT2D eigenvalue weighted by molar-refractivity contribution is 7.89. The number of aromatic nitrogens is 1. The average Bonchev–Trinajstić information content (AvgIpc) is 2.94. The summed E-state index contributed by atoms with van der Waals surface area (Å²) < 4.78 is 46.8. The molecule has 1 N–H and O–H groups in total. The molecule has 2 fully saturated rings. The van der Waals surface area contributed by atoms with Gasteiger partial charge in [0.05, 0.1) is 24.5 Å². The molecule has 5 rings (SSSR count). The minimum Gasteiger partial charge on any atom is -0.382 e. The highest BCUT2D eigenvalue weighted by atomic mass is 32.2. The number of fused-ring (bicyclic) bond motifs is 1. The van der Waals surface area contributed by atoms with Crippen LogP contribution in [0.25, 0.3) is 21.9 Å². The number of benzene rings is 2. The molecule has 0 unspecified atom stereocenters. The van der Waals surface area contributed by atoms with Crippen molar-refractivity contribution in [3.8, 4) is 17.2 Å². The number of nitrogens with zero attached hydrogens (tertiary/aromatic N) is 4. The first-order chi connectivity index (χ1) is 18.4. The van der Waals surface area contributed by atoms with Crippen molar-refractivity contribution in [1.29, 1.82) is 5.26 Å². The maximum Gasteiger partial charge on any atom is 0.214 e. The van der Waals surface area contributed by atoms with E-state index in [0.717, 1.165) is 47.2 Å². The van der Waals surface area contributed by atoms with Crippen LogP contribution in [0.5, 0.6) is 0 Å². The van der Waals surface area contributed by atoms with Gasteiger partial charge in [0, 0.05) is 55.7 Å². The van der Waals surface area contributed by atoms with Crippen LogP contribution in [0.2, 0.25) is 0 Å². The van der Waals surface area contributed by atoms with Gasteiger partial charge in [0.2, 0.25) is 10.0 Å². The van der Waals surface area contributed by atoms with Crippen LogP contribution in [-0.2, 0) is 14.8 Å². The number of nitriles is 1. The maximum absolute atomic E-state index is 13.9. The molecule has 10 heteroatoms. The lowest BCUT2D eigenvalue weighted by molar-refractivity contribution is 0.0380. The minimum atomic E-state index is -3.29. The summed E-state index contributed by atoms with van der Waals surface area (Å²) >= 11 is 0. The van der Waals surface area contributed by atoms with E-state index in [4.69, 9.17) is 4.74 Å². The van der Waals surface area contributed by atoms with Crippen LogP contribution in [0.15, 0.2) is 48.8 Å². The molecule has 0 radical (unpaired) electrons. The molecule has 38 heavy (non-hydrogen) atoms. The summed E-state index contributed by atoms with van der Waals surface area (Å²) in [4.78, 5) is 6.54. The second-order valence-corrected chi connectivity index (χ2v) is 12.0. The van der Waals surface area contributed by atoms with E-state index in [9.17, 15) is 18.1 Å². The molecular formula is C28H32FN5O3S. The van der Waals surface area contributed by atoms with Crippen LogP contribution in [0.4, 0.5) is 10.1 Å². The lowest BCUT2D eigenvalue weighted by Gasteiger charge is -2.33. The van der Waals surface area contributed by atoms with Gasteiger partial charge in [-0.3, -0.25) is 9.88 Å². The molecule has 0 spiro atoms. The van der Waals surface area contributed by atoms with Gasteiger partial charge in [-0.05, 0) is 72.7 Å². The van der Waals surface area contributed by atoms with Gasteiger partial charge in [-0.2, -0.15) is 5.26 Å². The lowest BCUT2D eigenvalue weighted by Crippen LogP contribution is -2.44. The van der Waals surface area contributed by atoms with E-state index in [2.05, 4.69) is 15.2 Å². The molecule has 2 aliphatic rings. The van der Waals surface area contributed by atoms with Gasteiger partial charge in [-0.1, -0.05) is 6.07 Å². The first kappa shape index (κ1) is 26.5. The largest absolute Gasteiger partial charge is 0.382 e. The molecule has 0 aliphatic carbocycles. The summed E-state index contributed by atoms with van der Waals surface area (Å²) in [5.74, 6) is -0.370. The summed E-state index contributed by atoms with van der Waals surface area (Å²) in [6, 6.07) is 12.5. The zero-order valence-electron chi connectivity index (χ0n) is 21.3. The van der Waals surface area contributed by atoms with Gasteiger partial charge in [-0.15, -0.1) is 0 Å². The Morgan fingerprint density at radius 2 is 1.87 bits per heavy atom. The second kappa shape index (κ2) is 11.7. The summed E-state index contributed by atoms with van der Waals surface area (Å²) in [6.45, 7) is 4.90. The molecule has 0 saturated carbocycles. The summed E-state index contributed by atoms with van der Waals surface area (Å²) in [5, 5.41) is 14.8. The van der Waals surface area contributed by atoms with Crippen molar-refractivity contribution in [2.45, 2.75) is 25.3 Å². The third-order valence-corrected chi connectivity index (χ3v) is 9.32. The fraction of sp³-hybridized carbons (Fsp3) is 0.429. The van der Waals surface area contributed by atoms with Crippen LogP contribution < -0.4 is 5.32 Å². The number of anilines is 1. The van der Waals surface area contributed by atoms with E-state index in [1.54, 1.807) is 28.8 Å². The van der Waals surface area contributed by atoms with Gasteiger partial charge in [-0.25, -0.2) is 17.1 Å². The SMILES string of the molecule is N#Cc1cc(-c2cc(NC3CCN(S(=O)(=O)CCCN4CCOCC4)CC3)c3cnccc3c2)ccc1F. The van der Waals surface area contributed by atoms with Crippen molar-refractivity contribution in [2.75, 3.05) is 57.0 Å². The van der Waals surface area contributed by atoms with Gasteiger partial charge < -0.3 is 10.1 Å². The highest BCUT2D eigenvalue weighted by Gasteiger charge is 2.28. The first-order valence-electron chi connectivity index (χ1n) is 13.1. The van der Waals surface area contributed by atoms with Crippen molar-refractivity contribution >= 4 is 26.5 Å². The summed E-state index contributed by atoms with van der Waals surface area (Å²) in [6.07, 6.45) is 5.56. The maximum atomic E-state index is 13.9. The lowest BCUT2D eigenvalue weighted by atomic mass is 9.98. The number of nitrogens with one attached hydrogen (secondary N) is 1. The highest BCUT2D eigenvalue weighted by Crippen LogP contribution is 2.33. The third-order valence-electron chi connectivity index (χ3n) is 7.36. The molecule has 2 aromatic carbocycles. The monoisotopic (exact) mass is 537 g/mol. The van der Waals surface area contributed by atoms with E-state index in [1.165, 1.54) is 6.07 Å². The van der Waals surface area contributed by atoms with Crippen LogP contribution in [0.3, 0.4) is 0 Å². The Hall–Kier alpha value is -3.10. The van der Waals surface area contributed by atoms with Crippen LogP contribution in [-0.4, -0.2) is 80.3 Å². The average molecular weight is 538 g/mol. The molecule has 8 nitrogen and oxygen atoms in total. The van der Waals surface area contributed by atoms with Crippen molar-refractivity contribution in [1.82, 2.24) is 14.2 Å². The fourth-order valence-electron chi connectivity index (χ4n) is 5.20. The summed E-state index contributed by atoms with van der Waals surface area (Å²) in [5.41, 5.74) is 2.51. The van der Waals surface area contributed by atoms with E-state index in [-0.39, 0.29) is 17.4 Å². The van der Waals surface area contributed by atoms with E-state index < -0.39 is 15.8 Å². The fourth-order valence-corrected chi connectivity index (χ4v) is 6.72. The number of morpholine rings is 1. The number of ether oxygens (including phenoxy) is 1. The molecule has 0 bridgehead atoms. The molecule has 0 amide bonds. The van der Waals surface area contributed by atoms with Gasteiger partial charge in [0.1, 0.15) is 11.9 Å². The standard InChI is InChI=1S/C28H32FN5O3S/c29-27-3-2-21(16-24(27)19-30)23-17-22-4-7-31-20-26(22)28(18-23)32-25-5-9-34(10-6-25)38(35,36)15-1-8-33-11-13-37-14-12-33/h2-4,7,16-18,20,25,32H,1,5-6,8-15H2. The first-order valence-corrected chi connectivity index (χ1v) is 14.7. The molecule has 2 saturated heterocycles. The Bertz CT molecular complexity index is 1430. The van der Waals surface area contributed by atoms with Crippen molar-refractivity contribution in [3.05, 3.63) is 60.2 Å². The predicted octanol–water partition coefficient (Wildman–Crippen LogP) is 3.84. The third kappa shape index (κ3) is 6.13. The van der Waals surface area contributed by atoms with Gasteiger partial charge in [0.25, 0.3) is 0 Å². The van der Waals surface area contributed by atoms with Crippen molar-refractivity contribution in [2.24, 2.45) is 0 Å². The zero-order chi connectivity index (χ0) is 26.5. The Morgan fingerprint density at radius 1 is 1.08 bits per heavy atom. The number of halogens is 1. The number of hydrogen-bond donors (Lipinski definition) is 1. The van der Waals surface area contributed by atoms with Gasteiger partial charge in [0.15, 0.2) is 0 Å². The molecule has 0 atom stereocenters. The van der Waals surface area contributed by atoms with Crippen LogP contribution in [0.1, 0.15) is 24.8 Å². The van der Waals surface area contributed by atoms with Crippen molar-refractivity contribution in [3.63, 3.8) is 0 Å². The topological polar surface area (TPSA) is 98.6 Å². The molecule has 2 aliphatic heterocycles. The normalized spacial score (nSPS) is 17.9. The quantitative estimate of drug-likeness (QED) is 0.466. The molecule has 1 aromatic heterocycles. The number of piperidine rings is 1. The van der Waals surface area contributed by atoms with Crippen molar-refractivity contribution < 1.29 is 17.5 Å². The van der Waals surface area contributed by atoms with E-state index >= 15 is 0 Å². The van der Waals surface area contributed by atoms with E-state index in [0.29, 0.717) is 45.6 Å². The second-order valence-electron chi connectivity index (χ2n) is 9.87. The summed E-state index contributed by atoms with van der Waals surface area (Å²) in [7, 11) is -3.29. The Kier molecular flexibility index (Phi) is 8.19. The number of hydrogen-bond acceptors (Lipinski definition) is 7. The Labute approximate surface area is 223 Å². The smallest absolute Gasteiger partial charge is 0.214 e. The minimum absolute atomic E-state index is 0.00496. The molecule has 3 aromatic rings. The van der Waals surface area contributed by atoms with Crippen LogP contribution in [0, 0.1) is 17.1 Å². The number of pyridine rings is 1. The van der Waals surface area contributed by atoms with Gasteiger partial charge >= 0.3 is 0 Å². The number of rotatable bonds is 8. The van der Waals surface area contributed by atoms with E-state index in [1.807, 2.05) is 24.3 Å². The Morgan fingerprint density at radius 3 is 2.63 bits per heavy atom. The van der Waals surface area contributed by atoms with Crippen LogP contribution >= 0.6 is 0 Å². The number of sulfonamides is 1. The molecule has 3 heterocycles. The zero-order valence-corrected chi connectivity index (χ0v) is 22.1.